The van der Waals surface area contributed by atoms with Gasteiger partial charge in [-0.2, -0.15) is 0 Å². The van der Waals surface area contributed by atoms with Gasteiger partial charge in [-0.25, -0.2) is 19.2 Å². The van der Waals surface area contributed by atoms with Gasteiger partial charge in [-0.1, -0.05) is 13.2 Å². The Kier molecular flexibility index (Phi) is 21.4. The van der Waals surface area contributed by atoms with E-state index in [1.165, 1.54) is 0 Å². The van der Waals surface area contributed by atoms with E-state index < -0.39 is 40.8 Å². The number of hydrogen-bond donors (Lipinski definition) is 2. The zero-order chi connectivity index (χ0) is 31.0. The van der Waals surface area contributed by atoms with Gasteiger partial charge < -0.3 is 43.2 Å². The first-order valence-corrected chi connectivity index (χ1v) is 19.9. The highest BCUT2D eigenvalue weighted by Gasteiger charge is 2.32. The van der Waals surface area contributed by atoms with Crippen LogP contribution in [0.1, 0.15) is 12.8 Å². The molecule has 0 aromatic rings. The smallest absolute Gasteiger partial charge is 0.407 e. The molecule has 0 aliphatic heterocycles. The second kappa shape index (κ2) is 22.9. The lowest BCUT2D eigenvalue weighted by atomic mass is 10.5. The van der Waals surface area contributed by atoms with E-state index in [-0.39, 0.29) is 39.5 Å². The van der Waals surface area contributed by atoms with Crippen LogP contribution in [0.5, 0.6) is 0 Å². The van der Waals surface area contributed by atoms with Gasteiger partial charge in [-0.3, -0.25) is 0 Å². The number of esters is 2. The molecule has 2 amide bonds. The second-order valence-electron chi connectivity index (χ2n) is 9.92. The molecule has 0 saturated heterocycles. The normalized spacial score (nSPS) is 11.2. The van der Waals surface area contributed by atoms with Crippen molar-refractivity contribution in [3.8, 4) is 0 Å². The molecule has 0 aromatic heterocycles. The minimum atomic E-state index is -1.86. The molecule has 0 aliphatic carbocycles. The topological polar surface area (TPSA) is 157 Å². The summed E-state index contributed by atoms with van der Waals surface area (Å²) in [6.07, 6.45) is 2.64. The minimum Gasteiger partial charge on any atom is -0.461 e. The molecule has 41 heavy (non-hydrogen) atoms. The van der Waals surface area contributed by atoms with Crippen LogP contribution in [0.4, 0.5) is 9.59 Å². The Morgan fingerprint density at radius 3 is 1.34 bits per heavy atom. The summed E-state index contributed by atoms with van der Waals surface area (Å²) in [4.78, 5) is 44.9. The van der Waals surface area contributed by atoms with Gasteiger partial charge in [0.05, 0.1) is 26.3 Å². The van der Waals surface area contributed by atoms with Gasteiger partial charge in [0.25, 0.3) is 0 Å². The third-order valence-electron chi connectivity index (χ3n) is 5.17. The second-order valence-corrected chi connectivity index (χ2v) is 18.8. The molecule has 0 heterocycles. The number of carbonyl (C=O) groups excluding carboxylic acids is 4. The fourth-order valence-corrected chi connectivity index (χ4v) is 12.3. The van der Waals surface area contributed by atoms with E-state index in [0.717, 1.165) is 37.1 Å². The van der Waals surface area contributed by atoms with Crippen LogP contribution in [0.3, 0.4) is 0 Å². The van der Waals surface area contributed by atoms with E-state index in [2.05, 4.69) is 50.0 Å². The van der Waals surface area contributed by atoms with Gasteiger partial charge in [0, 0.05) is 25.4 Å². The SMILES string of the molecule is C=CC(=O)OCCNC(=O)OCCOCCC[Si](C)(C)O[Si](C)(C)CCCOCCOC(=O)NCCOC(=O)C=C. The van der Waals surface area contributed by atoms with Gasteiger partial charge in [-0.05, 0) is 51.1 Å². The van der Waals surface area contributed by atoms with Crippen molar-refractivity contribution in [1.82, 2.24) is 10.6 Å². The fourth-order valence-electron chi connectivity index (χ4n) is 3.47. The van der Waals surface area contributed by atoms with E-state index in [4.69, 9.17) is 32.5 Å². The van der Waals surface area contributed by atoms with Crippen LogP contribution in [-0.4, -0.2) is 107 Å². The molecule has 0 atom stereocenters. The summed E-state index contributed by atoms with van der Waals surface area (Å²) in [5, 5.41) is 4.94. The van der Waals surface area contributed by atoms with E-state index in [1.54, 1.807) is 0 Å². The van der Waals surface area contributed by atoms with Gasteiger partial charge >= 0.3 is 24.1 Å². The van der Waals surface area contributed by atoms with Crippen molar-refractivity contribution in [2.24, 2.45) is 0 Å². The molecule has 0 aromatic carbocycles. The van der Waals surface area contributed by atoms with E-state index in [0.29, 0.717) is 26.4 Å². The highest BCUT2D eigenvalue weighted by molar-refractivity contribution is 6.84. The predicted molar refractivity (Wildman–Crippen MR) is 158 cm³/mol. The summed E-state index contributed by atoms with van der Waals surface area (Å²) in [7, 11) is -3.73. The van der Waals surface area contributed by atoms with Crippen LogP contribution < -0.4 is 10.6 Å². The minimum absolute atomic E-state index is 0.0452. The van der Waals surface area contributed by atoms with Crippen LogP contribution in [0.15, 0.2) is 25.3 Å². The van der Waals surface area contributed by atoms with Gasteiger partial charge in [0.1, 0.15) is 26.4 Å². The molecule has 0 aliphatic rings. The predicted octanol–water partition coefficient (Wildman–Crippen LogP) is 3.14. The maximum atomic E-state index is 11.5. The van der Waals surface area contributed by atoms with Crippen molar-refractivity contribution in [2.75, 3.05) is 65.9 Å². The standard InChI is InChI=1S/C26H48N2O11Si2/c1-7-23(29)35-15-11-27-25(31)37-19-17-33-13-9-21-40(3,4)39-41(5,6)22-10-14-34-18-20-38-26(32)28-12-16-36-24(30)8-2/h7-8H,1-2,9-22H2,3-6H3,(H,27,31)(H,28,32). The largest absolute Gasteiger partial charge is 0.461 e. The molecule has 15 heteroatoms. The molecule has 0 fully saturated rings. The molecule has 0 unspecified atom stereocenters. The average Bonchev–Trinajstić information content (AvgIpc) is 2.91. The highest BCUT2D eigenvalue weighted by Crippen LogP contribution is 2.23. The number of amides is 2. The van der Waals surface area contributed by atoms with Crippen LogP contribution in [0, 0.1) is 0 Å². The van der Waals surface area contributed by atoms with Crippen LogP contribution in [0.25, 0.3) is 0 Å². The van der Waals surface area contributed by atoms with Crippen LogP contribution >= 0.6 is 0 Å². The van der Waals surface area contributed by atoms with E-state index >= 15 is 0 Å². The summed E-state index contributed by atoms with van der Waals surface area (Å²) >= 11 is 0. The Labute approximate surface area is 245 Å². The summed E-state index contributed by atoms with van der Waals surface area (Å²) in [5.41, 5.74) is 0. The molecule has 0 bridgehead atoms. The zero-order valence-electron chi connectivity index (χ0n) is 25.0. The van der Waals surface area contributed by atoms with Gasteiger partial charge in [-0.15, -0.1) is 0 Å². The summed E-state index contributed by atoms with van der Waals surface area (Å²) in [6, 6.07) is 1.92. The summed E-state index contributed by atoms with van der Waals surface area (Å²) < 4.78 is 37.2. The first-order chi connectivity index (χ1) is 19.4. The molecule has 2 N–H and O–H groups in total. The van der Waals surface area contributed by atoms with Crippen molar-refractivity contribution in [3.05, 3.63) is 25.3 Å². The van der Waals surface area contributed by atoms with Crippen molar-refractivity contribution in [3.63, 3.8) is 0 Å². The number of rotatable bonds is 24. The van der Waals surface area contributed by atoms with Crippen LogP contribution in [-0.2, 0) is 42.1 Å². The first-order valence-electron chi connectivity index (χ1n) is 13.7. The number of carbonyl (C=O) groups is 4. The van der Waals surface area contributed by atoms with Crippen molar-refractivity contribution in [2.45, 2.75) is 51.1 Å². The maximum Gasteiger partial charge on any atom is 0.407 e. The van der Waals surface area contributed by atoms with Crippen LogP contribution in [0.2, 0.25) is 38.3 Å². The molecule has 0 radical (unpaired) electrons. The van der Waals surface area contributed by atoms with Gasteiger partial charge in [0.15, 0.2) is 16.6 Å². The molecule has 0 rings (SSSR count). The number of nitrogens with one attached hydrogen (secondary N) is 2. The molecule has 0 saturated carbocycles. The third-order valence-corrected chi connectivity index (χ3v) is 12.7. The number of ether oxygens (including phenoxy) is 6. The summed E-state index contributed by atoms with van der Waals surface area (Å²) in [6.45, 7) is 17.8. The monoisotopic (exact) mass is 620 g/mol. The number of hydrogen-bond acceptors (Lipinski definition) is 11. The molecule has 236 valence electrons. The number of alkyl carbamates (subject to hydrolysis) is 2. The Balaban J connectivity index is 3.80. The van der Waals surface area contributed by atoms with E-state index in [9.17, 15) is 19.2 Å². The third kappa shape index (κ3) is 24.8. The van der Waals surface area contributed by atoms with Gasteiger partial charge in [0.2, 0.25) is 0 Å². The molecule has 13 nitrogen and oxygen atoms in total. The molecular formula is C26H48N2O11Si2. The Bertz CT molecular complexity index is 746. The van der Waals surface area contributed by atoms with Crippen molar-refractivity contribution in [1.29, 1.82) is 0 Å². The average molecular weight is 621 g/mol. The zero-order valence-corrected chi connectivity index (χ0v) is 27.0. The summed E-state index contributed by atoms with van der Waals surface area (Å²) in [5.74, 6) is -1.09. The lowest BCUT2D eigenvalue weighted by Gasteiger charge is -2.34. The molecular weight excluding hydrogens is 572 g/mol. The highest BCUT2D eigenvalue weighted by atomic mass is 28.4. The Hall–Kier alpha value is -2.73. The Morgan fingerprint density at radius 1 is 0.585 bits per heavy atom. The lowest BCUT2D eigenvalue weighted by molar-refractivity contribution is -0.138. The molecule has 0 spiro atoms. The van der Waals surface area contributed by atoms with Crippen molar-refractivity contribution >= 4 is 40.8 Å². The van der Waals surface area contributed by atoms with E-state index in [1.807, 2.05) is 0 Å². The Morgan fingerprint density at radius 2 is 0.976 bits per heavy atom. The fraction of sp³-hybridized carbons (Fsp3) is 0.692. The lowest BCUT2D eigenvalue weighted by Crippen LogP contribution is -2.44. The first kappa shape index (κ1) is 38.3. The quantitative estimate of drug-likeness (QED) is 0.0537. The maximum absolute atomic E-state index is 11.5. The van der Waals surface area contributed by atoms with Crippen molar-refractivity contribution < 1.29 is 51.7 Å².